The molecule has 0 saturated carbocycles. The summed E-state index contributed by atoms with van der Waals surface area (Å²) in [4.78, 5) is 0. The van der Waals surface area contributed by atoms with E-state index in [2.05, 4.69) is 54.6 Å². The quantitative estimate of drug-likeness (QED) is 0.336. The zero-order chi connectivity index (χ0) is 19.6. The third kappa shape index (κ3) is 8.92. The van der Waals surface area contributed by atoms with Crippen molar-refractivity contribution in [1.82, 2.24) is 0 Å². The number of thioether (sulfide) groups is 2. The van der Waals surface area contributed by atoms with E-state index in [9.17, 15) is 0 Å². The van der Waals surface area contributed by atoms with Gasteiger partial charge in [0.1, 0.15) is 0 Å². The molecule has 0 heterocycles. The molecule has 1 unspecified atom stereocenters. The minimum atomic E-state index is -0.630. The lowest BCUT2D eigenvalue weighted by Gasteiger charge is -2.34. The molecule has 0 aliphatic rings. The zero-order valence-corrected chi connectivity index (χ0v) is 17.9. The summed E-state index contributed by atoms with van der Waals surface area (Å²) in [5, 5.41) is -0.630. The van der Waals surface area contributed by atoms with Crippen molar-refractivity contribution in [3.63, 3.8) is 0 Å². The smallest absolute Gasteiger partial charge is 0.0893 e. The fraction of sp³-hybridized carbons (Fsp3) is 0.455. The van der Waals surface area contributed by atoms with E-state index in [1.165, 1.54) is 11.1 Å². The molecule has 0 bridgehead atoms. The Labute approximate surface area is 178 Å². The second-order valence-corrected chi connectivity index (χ2v) is 9.71. The highest BCUT2D eigenvalue weighted by molar-refractivity contribution is 8.01. The molecule has 2 aromatic carbocycles. The van der Waals surface area contributed by atoms with E-state index in [0.717, 1.165) is 42.9 Å². The van der Waals surface area contributed by atoms with Crippen LogP contribution in [0.15, 0.2) is 60.7 Å². The van der Waals surface area contributed by atoms with Crippen molar-refractivity contribution >= 4 is 47.1 Å². The average Bonchev–Trinajstić information content (AvgIpc) is 2.70. The minimum Gasteiger partial charge on any atom is -0.160 e. The lowest BCUT2D eigenvalue weighted by atomic mass is 9.50. The first-order valence-corrected chi connectivity index (χ1v) is 11.7. The van der Waals surface area contributed by atoms with Crippen molar-refractivity contribution in [2.45, 2.75) is 54.0 Å². The van der Waals surface area contributed by atoms with Crippen molar-refractivity contribution in [3.8, 4) is 0 Å². The Hall–Kier alpha value is -0.665. The number of rotatable bonds is 12. The summed E-state index contributed by atoms with van der Waals surface area (Å²) in [5.74, 6) is 2.96. The monoisotopic (exact) mass is 388 g/mol. The molecule has 0 spiro atoms. The lowest BCUT2D eigenvalue weighted by Crippen LogP contribution is -2.29. The highest BCUT2D eigenvalue weighted by Gasteiger charge is 2.27. The van der Waals surface area contributed by atoms with Gasteiger partial charge in [-0.05, 0) is 34.4 Å². The van der Waals surface area contributed by atoms with E-state index in [0.29, 0.717) is 0 Å². The molecule has 0 nitrogen and oxygen atoms in total. The van der Waals surface area contributed by atoms with Gasteiger partial charge in [0.25, 0.3) is 0 Å². The molecule has 0 amide bonds. The van der Waals surface area contributed by atoms with Crippen molar-refractivity contribution in [3.05, 3.63) is 71.8 Å². The first-order chi connectivity index (χ1) is 12.9. The van der Waals surface area contributed by atoms with E-state index in [4.69, 9.17) is 23.5 Å². The molecule has 0 fully saturated rings. The Morgan fingerprint density at radius 3 is 1.85 bits per heavy atom. The molecule has 5 heteroatoms. The Morgan fingerprint density at radius 2 is 1.30 bits per heavy atom. The van der Waals surface area contributed by atoms with Crippen LogP contribution in [0, 0.1) is 0 Å². The maximum atomic E-state index is 6.83. The summed E-state index contributed by atoms with van der Waals surface area (Å²) in [6.45, 7) is 2.03. The van der Waals surface area contributed by atoms with Crippen molar-refractivity contribution in [2.75, 3.05) is 5.75 Å². The summed E-state index contributed by atoms with van der Waals surface area (Å²) in [6.07, 6.45) is 3.28. The first kappa shape index (κ1) is 22.6. The molecule has 2 aromatic rings. The molecule has 2 rings (SSSR count). The standard InChI is InChI=1S/C22H27B3S2/c1-2-21(23,24)13-14-22(25,27-18-20-11-7-4-8-12-20)15-16-26-17-19-9-5-3-6-10-19/h3-12H,2,13-18H2,1H3. The topological polar surface area (TPSA) is 0 Å². The first-order valence-electron chi connectivity index (χ1n) is 9.59. The van der Waals surface area contributed by atoms with Gasteiger partial charge in [-0.25, -0.2) is 0 Å². The van der Waals surface area contributed by atoms with Crippen LogP contribution in [0.25, 0.3) is 0 Å². The lowest BCUT2D eigenvalue weighted by molar-refractivity contribution is 0.571. The van der Waals surface area contributed by atoms with Gasteiger partial charge >= 0.3 is 0 Å². The van der Waals surface area contributed by atoms with Crippen LogP contribution < -0.4 is 0 Å². The van der Waals surface area contributed by atoms with E-state index < -0.39 is 5.21 Å². The van der Waals surface area contributed by atoms with Crippen LogP contribution in [0.2, 0.25) is 5.21 Å². The minimum absolute atomic E-state index is 0.307. The molecule has 136 valence electrons. The van der Waals surface area contributed by atoms with E-state index in [1.807, 2.05) is 36.5 Å². The van der Waals surface area contributed by atoms with E-state index in [1.54, 1.807) is 0 Å². The number of hydrogen-bond donors (Lipinski definition) is 0. The molecule has 0 aromatic heterocycles. The molecular weight excluding hydrogens is 361 g/mol. The fourth-order valence-electron chi connectivity index (χ4n) is 2.70. The third-order valence-electron chi connectivity index (χ3n) is 4.82. The Morgan fingerprint density at radius 1 is 0.741 bits per heavy atom. The van der Waals surface area contributed by atoms with Gasteiger partial charge in [-0.15, -0.1) is 0 Å². The van der Waals surface area contributed by atoms with Crippen LogP contribution in [0.3, 0.4) is 0 Å². The van der Waals surface area contributed by atoms with Crippen LogP contribution in [0.5, 0.6) is 0 Å². The summed E-state index contributed by atoms with van der Waals surface area (Å²) in [6, 6.07) is 21.1. The molecule has 0 aliphatic carbocycles. The van der Waals surface area contributed by atoms with Crippen LogP contribution in [-0.2, 0) is 11.5 Å². The van der Waals surface area contributed by atoms with Crippen LogP contribution >= 0.6 is 23.5 Å². The van der Waals surface area contributed by atoms with Crippen LogP contribution in [-0.4, -0.2) is 33.9 Å². The van der Waals surface area contributed by atoms with Gasteiger partial charge in [0.2, 0.25) is 0 Å². The summed E-state index contributed by atoms with van der Waals surface area (Å²) >= 11 is 3.77. The maximum Gasteiger partial charge on any atom is 0.0893 e. The SMILES string of the molecule is [B]C([B])(CC)CCC([B])(CCSCc1ccccc1)SCc1ccccc1. The third-order valence-corrected chi connectivity index (χ3v) is 7.31. The summed E-state index contributed by atoms with van der Waals surface area (Å²) in [5.41, 5.74) is 2.66. The van der Waals surface area contributed by atoms with Gasteiger partial charge < -0.3 is 0 Å². The van der Waals surface area contributed by atoms with Crippen LogP contribution in [0.4, 0.5) is 0 Å². The zero-order valence-electron chi connectivity index (χ0n) is 16.3. The molecule has 1 atom stereocenters. The highest BCUT2D eigenvalue weighted by Crippen LogP contribution is 2.39. The van der Waals surface area contributed by atoms with Gasteiger partial charge in [0.05, 0.1) is 23.5 Å². The highest BCUT2D eigenvalue weighted by atomic mass is 32.2. The Kier molecular flexibility index (Phi) is 9.52. The maximum absolute atomic E-state index is 6.83. The molecule has 0 aliphatic heterocycles. The van der Waals surface area contributed by atoms with E-state index in [-0.39, 0.29) is 4.65 Å². The Balaban J connectivity index is 1.88. The second kappa shape index (κ2) is 11.4. The van der Waals surface area contributed by atoms with Crippen LogP contribution in [0.1, 0.15) is 43.7 Å². The fourth-order valence-corrected chi connectivity index (χ4v) is 5.05. The van der Waals surface area contributed by atoms with Gasteiger partial charge in [0, 0.05) is 11.5 Å². The summed E-state index contributed by atoms with van der Waals surface area (Å²) in [7, 11) is 19.2. The molecule has 6 radical (unpaired) electrons. The molecule has 0 N–H and O–H groups in total. The van der Waals surface area contributed by atoms with Gasteiger partial charge in [-0.2, -0.15) is 23.5 Å². The number of benzene rings is 2. The van der Waals surface area contributed by atoms with Gasteiger partial charge in [0.15, 0.2) is 0 Å². The second-order valence-electron chi connectivity index (χ2n) is 7.21. The van der Waals surface area contributed by atoms with Crippen molar-refractivity contribution in [2.24, 2.45) is 0 Å². The number of hydrogen-bond acceptors (Lipinski definition) is 2. The molecular formula is C22H27B3S2. The summed E-state index contributed by atoms with van der Waals surface area (Å²) < 4.78 is -0.307. The van der Waals surface area contributed by atoms with E-state index >= 15 is 0 Å². The largest absolute Gasteiger partial charge is 0.160 e. The van der Waals surface area contributed by atoms with Crippen molar-refractivity contribution in [1.29, 1.82) is 0 Å². The predicted molar refractivity (Wildman–Crippen MR) is 127 cm³/mol. The molecule has 27 heavy (non-hydrogen) atoms. The normalized spacial score (nSPS) is 14.0. The van der Waals surface area contributed by atoms with Gasteiger partial charge in [-0.3, -0.25) is 0 Å². The van der Waals surface area contributed by atoms with Crippen molar-refractivity contribution < 1.29 is 0 Å². The van der Waals surface area contributed by atoms with Gasteiger partial charge in [-0.1, -0.05) is 85.6 Å². The Bertz CT molecular complexity index is 649. The average molecular weight is 388 g/mol. The predicted octanol–water partition coefficient (Wildman–Crippen LogP) is 5.75. The molecule has 0 saturated heterocycles.